The molecule has 1 fully saturated rings. The molecule has 1 unspecified atom stereocenters. The molecule has 2 aromatic heterocycles. The maximum Gasteiger partial charge on any atom is 0.231 e. The summed E-state index contributed by atoms with van der Waals surface area (Å²) in [6.45, 7) is 1.18. The van der Waals surface area contributed by atoms with Crippen molar-refractivity contribution in [3.63, 3.8) is 0 Å². The molecule has 6 nitrogen and oxygen atoms in total. The summed E-state index contributed by atoms with van der Waals surface area (Å²) in [5, 5.41) is 12.0. The number of benzene rings is 1. The first-order chi connectivity index (χ1) is 14.2. The Kier molecular flexibility index (Phi) is 6.16. The predicted octanol–water partition coefficient (Wildman–Crippen LogP) is 3.39. The molecule has 0 aliphatic carbocycles. The van der Waals surface area contributed by atoms with Crippen LogP contribution in [0.3, 0.4) is 0 Å². The van der Waals surface area contributed by atoms with E-state index in [1.165, 1.54) is 0 Å². The maximum atomic E-state index is 13.7. The first-order valence-electron chi connectivity index (χ1n) is 9.97. The van der Waals surface area contributed by atoms with Gasteiger partial charge in [-0.3, -0.25) is 9.20 Å². The molecule has 1 aliphatic heterocycles. The van der Waals surface area contributed by atoms with Crippen LogP contribution in [0.4, 0.5) is 0 Å². The van der Waals surface area contributed by atoms with E-state index in [4.69, 9.17) is 4.74 Å². The molecular weight excluding hydrogens is 384 g/mol. The first kappa shape index (κ1) is 19.9. The zero-order valence-corrected chi connectivity index (χ0v) is 17.4. The fraction of sp³-hybridized carbons (Fsp3) is 0.409. The summed E-state index contributed by atoms with van der Waals surface area (Å²) >= 11 is 1.76. The molecule has 4 rings (SSSR count). The minimum absolute atomic E-state index is 0.0470. The number of carbonyl (C=O) groups excluding carboxylic acids is 1. The van der Waals surface area contributed by atoms with Gasteiger partial charge in [0, 0.05) is 19.4 Å². The van der Waals surface area contributed by atoms with Gasteiger partial charge < -0.3 is 10.1 Å². The summed E-state index contributed by atoms with van der Waals surface area (Å²) in [7, 11) is 0. The summed E-state index contributed by atoms with van der Waals surface area (Å²) < 4.78 is 7.55. The van der Waals surface area contributed by atoms with Crippen LogP contribution in [0.5, 0.6) is 0 Å². The van der Waals surface area contributed by atoms with Crippen LogP contribution in [0.25, 0.3) is 5.65 Å². The smallest absolute Gasteiger partial charge is 0.231 e. The summed E-state index contributed by atoms with van der Waals surface area (Å²) in [5.41, 5.74) is 1.27. The number of aromatic nitrogens is 3. The zero-order valence-electron chi connectivity index (χ0n) is 16.6. The quantitative estimate of drug-likeness (QED) is 0.647. The number of hydrogen-bond acceptors (Lipinski definition) is 5. The maximum absolute atomic E-state index is 13.7. The van der Waals surface area contributed by atoms with Crippen molar-refractivity contribution < 1.29 is 9.53 Å². The standard InChI is InChI=1S/C22H26N4O2S/c1-29-16-10-18(20-25-24-19-9-5-6-13-26(19)20)23-21(27)22(11-14-28-15-12-22)17-7-3-2-4-8-17/h2-9,13,18H,10-12,14-16H2,1H3,(H,23,27). The van der Waals surface area contributed by atoms with Gasteiger partial charge in [0.2, 0.25) is 5.91 Å². The third-order valence-corrected chi connectivity index (χ3v) is 6.32. The lowest BCUT2D eigenvalue weighted by molar-refractivity contribution is -0.131. The number of rotatable bonds is 7. The van der Waals surface area contributed by atoms with Crippen molar-refractivity contribution >= 4 is 23.3 Å². The highest BCUT2D eigenvalue weighted by Gasteiger charge is 2.42. The van der Waals surface area contributed by atoms with Gasteiger partial charge in [-0.2, -0.15) is 11.8 Å². The summed E-state index contributed by atoms with van der Waals surface area (Å²) in [4.78, 5) is 13.7. The molecule has 0 saturated carbocycles. The molecule has 1 amide bonds. The third kappa shape index (κ3) is 4.02. The Balaban J connectivity index is 1.66. The number of nitrogens with one attached hydrogen (secondary N) is 1. The van der Waals surface area contributed by atoms with Gasteiger partial charge in [-0.1, -0.05) is 36.4 Å². The zero-order chi connectivity index (χ0) is 20.1. The monoisotopic (exact) mass is 410 g/mol. The van der Waals surface area contributed by atoms with E-state index in [0.717, 1.165) is 29.2 Å². The Morgan fingerprint density at radius 3 is 2.69 bits per heavy atom. The van der Waals surface area contributed by atoms with E-state index in [0.29, 0.717) is 26.1 Å². The minimum Gasteiger partial charge on any atom is -0.381 e. The third-order valence-electron chi connectivity index (χ3n) is 5.68. The van der Waals surface area contributed by atoms with Crippen LogP contribution in [0.2, 0.25) is 0 Å². The van der Waals surface area contributed by atoms with Gasteiger partial charge in [-0.25, -0.2) is 0 Å². The highest BCUT2D eigenvalue weighted by Crippen LogP contribution is 2.36. The Bertz CT molecular complexity index is 954. The number of amides is 1. The Morgan fingerprint density at radius 2 is 1.93 bits per heavy atom. The summed E-state index contributed by atoms with van der Waals surface area (Å²) in [5.74, 6) is 1.75. The van der Waals surface area contributed by atoms with Crippen molar-refractivity contribution in [2.45, 2.75) is 30.7 Å². The molecule has 1 saturated heterocycles. The van der Waals surface area contributed by atoms with Crippen LogP contribution >= 0.6 is 11.8 Å². The molecule has 7 heteroatoms. The van der Waals surface area contributed by atoms with Crippen LogP contribution in [0, 0.1) is 0 Å². The fourth-order valence-corrected chi connectivity index (χ4v) is 4.49. The molecule has 1 aliphatic rings. The minimum atomic E-state index is -0.572. The van der Waals surface area contributed by atoms with Crippen LogP contribution in [-0.4, -0.2) is 45.7 Å². The second kappa shape index (κ2) is 8.97. The van der Waals surface area contributed by atoms with Gasteiger partial charge >= 0.3 is 0 Å². The van der Waals surface area contributed by atoms with Crippen molar-refractivity contribution in [2.24, 2.45) is 0 Å². The number of thioether (sulfide) groups is 1. The summed E-state index contributed by atoms with van der Waals surface area (Å²) in [6, 6.07) is 15.7. The molecular formula is C22H26N4O2S. The van der Waals surface area contributed by atoms with E-state index in [2.05, 4.69) is 21.8 Å². The highest BCUT2D eigenvalue weighted by molar-refractivity contribution is 7.98. The van der Waals surface area contributed by atoms with Crippen LogP contribution in [-0.2, 0) is 14.9 Å². The number of nitrogens with zero attached hydrogens (tertiary/aromatic N) is 3. The van der Waals surface area contributed by atoms with Gasteiger partial charge in [-0.15, -0.1) is 10.2 Å². The molecule has 0 spiro atoms. The number of ether oxygens (including phenoxy) is 1. The Hall–Kier alpha value is -2.38. The lowest BCUT2D eigenvalue weighted by Gasteiger charge is -2.37. The van der Waals surface area contributed by atoms with E-state index in [9.17, 15) is 4.79 Å². The second-order valence-corrected chi connectivity index (χ2v) is 8.34. The normalized spacial score (nSPS) is 17.1. The molecule has 1 aromatic carbocycles. The number of pyridine rings is 1. The Morgan fingerprint density at radius 1 is 1.17 bits per heavy atom. The van der Waals surface area contributed by atoms with Crippen molar-refractivity contribution in [3.8, 4) is 0 Å². The Labute approximate surface area is 175 Å². The van der Waals surface area contributed by atoms with E-state index in [1.54, 1.807) is 11.8 Å². The van der Waals surface area contributed by atoms with Crippen LogP contribution in [0.1, 0.15) is 36.7 Å². The van der Waals surface area contributed by atoms with Crippen LogP contribution < -0.4 is 5.32 Å². The predicted molar refractivity (Wildman–Crippen MR) is 115 cm³/mol. The summed E-state index contributed by atoms with van der Waals surface area (Å²) in [6.07, 6.45) is 6.18. The fourth-order valence-electron chi connectivity index (χ4n) is 4.02. The van der Waals surface area contributed by atoms with Crippen molar-refractivity contribution in [1.82, 2.24) is 19.9 Å². The molecule has 3 heterocycles. The largest absolute Gasteiger partial charge is 0.381 e. The van der Waals surface area contributed by atoms with Gasteiger partial charge in [0.25, 0.3) is 0 Å². The average molecular weight is 411 g/mol. The highest BCUT2D eigenvalue weighted by atomic mass is 32.2. The van der Waals surface area contributed by atoms with Gasteiger partial charge in [-0.05, 0) is 49.0 Å². The van der Waals surface area contributed by atoms with Crippen molar-refractivity contribution in [2.75, 3.05) is 25.2 Å². The van der Waals surface area contributed by atoms with E-state index in [-0.39, 0.29) is 11.9 Å². The second-order valence-electron chi connectivity index (χ2n) is 7.36. The molecule has 1 atom stereocenters. The van der Waals surface area contributed by atoms with E-state index in [1.807, 2.05) is 59.1 Å². The van der Waals surface area contributed by atoms with Gasteiger partial charge in [0.05, 0.1) is 11.5 Å². The van der Waals surface area contributed by atoms with Gasteiger partial charge in [0.1, 0.15) is 0 Å². The van der Waals surface area contributed by atoms with Crippen molar-refractivity contribution in [3.05, 3.63) is 66.1 Å². The SMILES string of the molecule is CSCCC(NC(=O)C1(c2ccccc2)CCOCC1)c1nnc2ccccn12. The van der Waals surface area contributed by atoms with Gasteiger partial charge in [0.15, 0.2) is 11.5 Å². The number of carbonyl (C=O) groups is 1. The average Bonchev–Trinajstić information content (AvgIpc) is 3.21. The number of fused-ring (bicyclic) bond motifs is 1. The molecule has 3 aromatic rings. The van der Waals surface area contributed by atoms with Crippen LogP contribution in [0.15, 0.2) is 54.7 Å². The first-order valence-corrected chi connectivity index (χ1v) is 11.4. The van der Waals surface area contributed by atoms with E-state index >= 15 is 0 Å². The lowest BCUT2D eigenvalue weighted by atomic mass is 9.73. The molecule has 29 heavy (non-hydrogen) atoms. The molecule has 1 N–H and O–H groups in total. The lowest BCUT2D eigenvalue weighted by Crippen LogP contribution is -2.49. The van der Waals surface area contributed by atoms with Crippen molar-refractivity contribution in [1.29, 1.82) is 0 Å². The molecule has 152 valence electrons. The topological polar surface area (TPSA) is 68.5 Å². The van der Waals surface area contributed by atoms with E-state index < -0.39 is 5.41 Å². The molecule has 0 bridgehead atoms. The molecule has 0 radical (unpaired) electrons. The number of hydrogen-bond donors (Lipinski definition) is 1.